The fourth-order valence-electron chi connectivity index (χ4n) is 3.71. The number of aliphatic hydroxyl groups is 1. The number of methoxy groups -OCH3 is 1. The highest BCUT2D eigenvalue weighted by molar-refractivity contribution is 4.92. The van der Waals surface area contributed by atoms with E-state index in [-0.39, 0.29) is 0 Å². The first-order valence-electron chi connectivity index (χ1n) is 7.72. The Hall–Kier alpha value is -0.160. The van der Waals surface area contributed by atoms with Crippen LogP contribution in [0.3, 0.4) is 0 Å². The molecule has 0 aromatic rings. The van der Waals surface area contributed by atoms with E-state index >= 15 is 0 Å². The van der Waals surface area contributed by atoms with Crippen molar-refractivity contribution in [1.29, 1.82) is 0 Å². The van der Waals surface area contributed by atoms with Crippen LogP contribution in [0.25, 0.3) is 0 Å². The van der Waals surface area contributed by atoms with Gasteiger partial charge in [0.05, 0.1) is 25.9 Å². The molecule has 20 heavy (non-hydrogen) atoms. The lowest BCUT2D eigenvalue weighted by molar-refractivity contribution is 0.00906. The number of hydrogen-bond acceptors (Lipinski definition) is 4. The Morgan fingerprint density at radius 2 is 1.75 bits per heavy atom. The van der Waals surface area contributed by atoms with Crippen LogP contribution in [0.2, 0.25) is 0 Å². The van der Waals surface area contributed by atoms with Crippen molar-refractivity contribution >= 4 is 0 Å². The maximum Gasteiger partial charge on any atom is 0.0897 e. The van der Waals surface area contributed by atoms with Crippen LogP contribution in [0.15, 0.2) is 0 Å². The van der Waals surface area contributed by atoms with E-state index in [1.54, 1.807) is 7.11 Å². The van der Waals surface area contributed by atoms with Gasteiger partial charge in [-0.15, -0.1) is 0 Å². The molecule has 1 aliphatic rings. The second-order valence-electron chi connectivity index (χ2n) is 7.74. The Bertz CT molecular complexity index is 263. The molecule has 0 aliphatic heterocycles. The van der Waals surface area contributed by atoms with Crippen LogP contribution in [0.5, 0.6) is 0 Å². The molecule has 0 bridgehead atoms. The monoisotopic (exact) mass is 287 g/mol. The smallest absolute Gasteiger partial charge is 0.0897 e. The van der Waals surface area contributed by atoms with Gasteiger partial charge < -0.3 is 19.9 Å². The fourth-order valence-corrected chi connectivity index (χ4v) is 3.71. The highest BCUT2D eigenvalue weighted by Gasteiger charge is 2.38. The summed E-state index contributed by atoms with van der Waals surface area (Å²) in [5.41, 5.74) is 0.749. The number of rotatable bonds is 8. The predicted molar refractivity (Wildman–Crippen MR) is 81.9 cm³/mol. The molecule has 1 atom stereocenters. The van der Waals surface area contributed by atoms with Gasteiger partial charge in [0.25, 0.3) is 0 Å². The van der Waals surface area contributed by atoms with Crippen LogP contribution in [0.4, 0.5) is 0 Å². The Balaban J connectivity index is 2.26. The summed E-state index contributed by atoms with van der Waals surface area (Å²) in [5.74, 6) is 0. The van der Waals surface area contributed by atoms with Gasteiger partial charge in [0, 0.05) is 19.7 Å². The summed E-state index contributed by atoms with van der Waals surface area (Å²) >= 11 is 0. The third-order valence-corrected chi connectivity index (χ3v) is 3.94. The summed E-state index contributed by atoms with van der Waals surface area (Å²) in [6.07, 6.45) is 3.17. The molecule has 0 aromatic heterocycles. The summed E-state index contributed by atoms with van der Waals surface area (Å²) in [5, 5.41) is 13.4. The summed E-state index contributed by atoms with van der Waals surface area (Å²) in [4.78, 5) is 0. The second-order valence-corrected chi connectivity index (χ2v) is 7.74. The second kappa shape index (κ2) is 7.74. The highest BCUT2D eigenvalue weighted by Crippen LogP contribution is 2.45. The molecule has 0 heterocycles. The van der Waals surface area contributed by atoms with Crippen molar-refractivity contribution in [1.82, 2.24) is 5.32 Å². The van der Waals surface area contributed by atoms with Crippen LogP contribution >= 0.6 is 0 Å². The molecule has 0 aromatic carbocycles. The molecule has 4 nitrogen and oxygen atoms in total. The van der Waals surface area contributed by atoms with Crippen LogP contribution in [0, 0.1) is 10.8 Å². The molecular formula is C16H33NO3. The Morgan fingerprint density at radius 3 is 2.30 bits per heavy atom. The number of nitrogens with one attached hydrogen (secondary N) is 1. The van der Waals surface area contributed by atoms with Gasteiger partial charge in [0.1, 0.15) is 0 Å². The van der Waals surface area contributed by atoms with Crippen molar-refractivity contribution in [3.8, 4) is 0 Å². The van der Waals surface area contributed by atoms with E-state index in [9.17, 15) is 5.11 Å². The minimum atomic E-state index is -0.444. The molecule has 1 saturated carbocycles. The number of ether oxygens (including phenoxy) is 2. The average Bonchev–Trinajstić information content (AvgIpc) is 2.28. The van der Waals surface area contributed by atoms with Crippen LogP contribution in [-0.2, 0) is 9.47 Å². The maximum atomic E-state index is 9.91. The summed E-state index contributed by atoms with van der Waals surface area (Å²) < 4.78 is 10.2. The van der Waals surface area contributed by atoms with Crippen molar-refractivity contribution < 1.29 is 14.6 Å². The molecule has 1 fully saturated rings. The van der Waals surface area contributed by atoms with Crippen molar-refractivity contribution in [2.75, 3.05) is 33.5 Å². The summed E-state index contributed by atoms with van der Waals surface area (Å²) in [7, 11) is 1.65. The van der Waals surface area contributed by atoms with Crippen LogP contribution in [0.1, 0.15) is 47.0 Å². The van der Waals surface area contributed by atoms with Crippen LogP contribution in [-0.4, -0.2) is 50.7 Å². The Kier molecular flexibility index (Phi) is 6.92. The third-order valence-electron chi connectivity index (χ3n) is 3.94. The van der Waals surface area contributed by atoms with E-state index in [4.69, 9.17) is 9.47 Å². The normalized spacial score (nSPS) is 23.7. The fraction of sp³-hybridized carbons (Fsp3) is 1.00. The van der Waals surface area contributed by atoms with Crippen LogP contribution < -0.4 is 5.32 Å². The van der Waals surface area contributed by atoms with E-state index in [1.807, 2.05) is 0 Å². The van der Waals surface area contributed by atoms with Gasteiger partial charge in [-0.05, 0) is 30.1 Å². The molecule has 2 N–H and O–H groups in total. The first-order chi connectivity index (χ1) is 9.24. The topological polar surface area (TPSA) is 50.7 Å². The van der Waals surface area contributed by atoms with E-state index < -0.39 is 6.10 Å². The van der Waals surface area contributed by atoms with Crippen molar-refractivity contribution in [2.24, 2.45) is 10.8 Å². The van der Waals surface area contributed by atoms with E-state index in [2.05, 4.69) is 33.0 Å². The first-order valence-corrected chi connectivity index (χ1v) is 7.72. The SMILES string of the molecule is COCCOCC(O)CNC1CC(C)(C)CC(C)(C)C1. The standard InChI is InChI=1S/C16H33NO3/c1-15(2)8-13(9-16(3,4)12-15)17-10-14(18)11-20-7-6-19-5/h13-14,17-18H,6-12H2,1-5H3. The quantitative estimate of drug-likeness (QED) is 0.672. The molecule has 0 spiro atoms. The van der Waals surface area contributed by atoms with Crippen molar-refractivity contribution in [3.05, 3.63) is 0 Å². The molecule has 0 amide bonds. The molecule has 4 heteroatoms. The van der Waals surface area contributed by atoms with E-state index in [1.165, 1.54) is 19.3 Å². The van der Waals surface area contributed by atoms with Gasteiger partial charge in [0.2, 0.25) is 0 Å². The average molecular weight is 287 g/mol. The Morgan fingerprint density at radius 1 is 1.15 bits per heavy atom. The highest BCUT2D eigenvalue weighted by atomic mass is 16.5. The maximum absolute atomic E-state index is 9.91. The molecular weight excluding hydrogens is 254 g/mol. The zero-order chi connectivity index (χ0) is 15.2. The van der Waals surface area contributed by atoms with Gasteiger partial charge in [0.15, 0.2) is 0 Å². The Labute approximate surface area is 124 Å². The molecule has 0 saturated heterocycles. The van der Waals surface area contributed by atoms with Crippen molar-refractivity contribution in [3.63, 3.8) is 0 Å². The zero-order valence-corrected chi connectivity index (χ0v) is 13.9. The van der Waals surface area contributed by atoms with E-state index in [0.717, 1.165) is 0 Å². The third kappa shape index (κ3) is 7.02. The molecule has 0 radical (unpaired) electrons. The zero-order valence-electron chi connectivity index (χ0n) is 13.9. The largest absolute Gasteiger partial charge is 0.389 e. The first kappa shape index (κ1) is 17.9. The van der Waals surface area contributed by atoms with Gasteiger partial charge in [-0.2, -0.15) is 0 Å². The molecule has 1 rings (SSSR count). The number of hydrogen-bond donors (Lipinski definition) is 2. The molecule has 1 unspecified atom stereocenters. The summed E-state index contributed by atoms with van der Waals surface area (Å²) in [6, 6.07) is 0.488. The van der Waals surface area contributed by atoms with Gasteiger partial charge in [-0.25, -0.2) is 0 Å². The summed E-state index contributed by atoms with van der Waals surface area (Å²) in [6.45, 7) is 11.4. The lowest BCUT2D eigenvalue weighted by Gasteiger charge is -2.45. The molecule has 1 aliphatic carbocycles. The van der Waals surface area contributed by atoms with Gasteiger partial charge in [-0.3, -0.25) is 0 Å². The lowest BCUT2D eigenvalue weighted by atomic mass is 9.63. The van der Waals surface area contributed by atoms with Gasteiger partial charge >= 0.3 is 0 Å². The van der Waals surface area contributed by atoms with E-state index in [0.29, 0.717) is 43.2 Å². The van der Waals surface area contributed by atoms with Gasteiger partial charge in [-0.1, -0.05) is 27.7 Å². The van der Waals surface area contributed by atoms with Crippen molar-refractivity contribution in [2.45, 2.75) is 59.1 Å². The number of aliphatic hydroxyl groups excluding tert-OH is 1. The lowest BCUT2D eigenvalue weighted by Crippen LogP contribution is -2.46. The predicted octanol–water partition coefficient (Wildman–Crippen LogP) is 2.20. The minimum Gasteiger partial charge on any atom is -0.389 e. The minimum absolute atomic E-state index is 0.371. The molecule has 120 valence electrons.